The topological polar surface area (TPSA) is 32.7 Å². The first-order valence-electron chi connectivity index (χ1n) is 8.62. The van der Waals surface area contributed by atoms with Gasteiger partial charge in [0.2, 0.25) is 0 Å². The zero-order valence-corrected chi connectivity index (χ0v) is 14.5. The summed E-state index contributed by atoms with van der Waals surface area (Å²) in [6.07, 6.45) is 2.74. The summed E-state index contributed by atoms with van der Waals surface area (Å²) in [5.74, 6) is 3.92. The number of phenolic OH excluding ortho intramolecular Hbond substituents is 1. The Hall–Kier alpha value is -1.65. The molecule has 1 heterocycles. The molecule has 4 rings (SSSR count). The first kappa shape index (κ1) is 15.9. The molecule has 1 aliphatic carbocycles. The molecule has 24 heavy (non-hydrogen) atoms. The summed E-state index contributed by atoms with van der Waals surface area (Å²) in [6, 6.07) is 17.7. The highest BCUT2D eigenvalue weighted by molar-refractivity contribution is 7.99. The van der Waals surface area contributed by atoms with Crippen LogP contribution in [0.25, 0.3) is 0 Å². The normalized spacial score (nSPS) is 26.4. The molecule has 0 bridgehead atoms. The third kappa shape index (κ3) is 3.70. The van der Waals surface area contributed by atoms with Gasteiger partial charge in [-0.1, -0.05) is 18.2 Å². The Bertz CT molecular complexity index is 647. The highest BCUT2D eigenvalue weighted by Crippen LogP contribution is 2.40. The van der Waals surface area contributed by atoms with Gasteiger partial charge in [-0.2, -0.15) is 0 Å². The number of ether oxygens (including phenoxy) is 1. The Labute approximate surface area is 147 Å². The van der Waals surface area contributed by atoms with E-state index in [2.05, 4.69) is 17.0 Å². The molecule has 1 saturated carbocycles. The molecule has 0 amide bonds. The molecular formula is C20H23NO2S. The molecule has 2 fully saturated rings. The van der Waals surface area contributed by atoms with Crippen LogP contribution >= 0.6 is 11.8 Å². The van der Waals surface area contributed by atoms with Crippen molar-refractivity contribution in [3.63, 3.8) is 0 Å². The number of rotatable bonds is 5. The fourth-order valence-corrected chi connectivity index (χ4v) is 4.81. The largest absolute Gasteiger partial charge is 0.508 e. The fourth-order valence-electron chi connectivity index (χ4n) is 3.94. The fraction of sp³-hybridized carbons (Fsp3) is 0.400. The van der Waals surface area contributed by atoms with Gasteiger partial charge < -0.3 is 9.84 Å². The average Bonchev–Trinajstić information content (AvgIpc) is 3.13. The van der Waals surface area contributed by atoms with Crippen LogP contribution in [-0.4, -0.2) is 35.1 Å². The number of fused-ring (bicyclic) bond motifs is 1. The van der Waals surface area contributed by atoms with Crippen molar-refractivity contribution in [1.82, 2.24) is 4.90 Å². The zero-order chi connectivity index (χ0) is 16.4. The van der Waals surface area contributed by atoms with Gasteiger partial charge in [-0.05, 0) is 61.1 Å². The van der Waals surface area contributed by atoms with Crippen LogP contribution in [0.1, 0.15) is 12.8 Å². The Balaban J connectivity index is 1.25. The van der Waals surface area contributed by atoms with Crippen LogP contribution in [0.3, 0.4) is 0 Å². The van der Waals surface area contributed by atoms with Gasteiger partial charge >= 0.3 is 0 Å². The van der Waals surface area contributed by atoms with Crippen LogP contribution < -0.4 is 4.74 Å². The Morgan fingerprint density at radius 3 is 2.29 bits per heavy atom. The van der Waals surface area contributed by atoms with Gasteiger partial charge in [0.05, 0.1) is 6.10 Å². The van der Waals surface area contributed by atoms with Crippen molar-refractivity contribution >= 4 is 11.8 Å². The SMILES string of the molecule is Oc1ccc(SCN2C[C@H]3C[C@H](Oc4ccccc4)C[C@H]3C2)cc1. The molecule has 2 aliphatic rings. The average molecular weight is 341 g/mol. The lowest BCUT2D eigenvalue weighted by molar-refractivity contribution is 0.189. The van der Waals surface area contributed by atoms with Gasteiger partial charge in [0.25, 0.3) is 0 Å². The summed E-state index contributed by atoms with van der Waals surface area (Å²) in [6.45, 7) is 2.37. The number of thioether (sulfide) groups is 1. The Morgan fingerprint density at radius 2 is 1.62 bits per heavy atom. The highest BCUT2D eigenvalue weighted by atomic mass is 32.2. The van der Waals surface area contributed by atoms with Crippen molar-refractivity contribution in [2.45, 2.75) is 23.8 Å². The standard InChI is InChI=1S/C20H23NO2S/c22-17-6-8-20(9-7-17)24-14-21-12-15-10-19(11-16(15)13-21)23-18-4-2-1-3-5-18/h1-9,15-16,19,22H,10-14H2/t15-,16+,19+. The first-order valence-corrected chi connectivity index (χ1v) is 9.61. The molecule has 4 heteroatoms. The number of likely N-dealkylation sites (tertiary alicyclic amines) is 1. The lowest BCUT2D eigenvalue weighted by Gasteiger charge is -2.19. The van der Waals surface area contributed by atoms with Crippen LogP contribution in [0.2, 0.25) is 0 Å². The number of aromatic hydroxyl groups is 1. The third-order valence-electron chi connectivity index (χ3n) is 5.08. The van der Waals surface area contributed by atoms with Gasteiger partial charge in [-0.25, -0.2) is 0 Å². The van der Waals surface area contributed by atoms with Crippen molar-refractivity contribution in [3.05, 3.63) is 54.6 Å². The molecule has 1 saturated heterocycles. The minimum absolute atomic E-state index is 0.333. The van der Waals surface area contributed by atoms with E-state index >= 15 is 0 Å². The molecule has 0 aromatic heterocycles. The predicted molar refractivity (Wildman–Crippen MR) is 97.5 cm³/mol. The molecule has 1 aliphatic heterocycles. The molecule has 3 nitrogen and oxygen atoms in total. The van der Waals surface area contributed by atoms with Gasteiger partial charge in [-0.3, -0.25) is 4.90 Å². The van der Waals surface area contributed by atoms with E-state index in [0.29, 0.717) is 11.9 Å². The van der Waals surface area contributed by atoms with E-state index in [1.807, 2.05) is 42.1 Å². The first-order chi connectivity index (χ1) is 11.8. The van der Waals surface area contributed by atoms with Crippen molar-refractivity contribution in [3.8, 4) is 11.5 Å². The smallest absolute Gasteiger partial charge is 0.119 e. The van der Waals surface area contributed by atoms with Crippen molar-refractivity contribution < 1.29 is 9.84 Å². The van der Waals surface area contributed by atoms with E-state index in [1.165, 1.54) is 30.8 Å². The summed E-state index contributed by atoms with van der Waals surface area (Å²) < 4.78 is 6.14. The quantitative estimate of drug-likeness (QED) is 0.825. The summed E-state index contributed by atoms with van der Waals surface area (Å²) in [7, 11) is 0. The molecule has 0 spiro atoms. The van der Waals surface area contributed by atoms with Crippen LogP contribution in [0, 0.1) is 11.8 Å². The van der Waals surface area contributed by atoms with Crippen molar-refractivity contribution in [2.24, 2.45) is 11.8 Å². The molecule has 126 valence electrons. The summed E-state index contributed by atoms with van der Waals surface area (Å²) >= 11 is 1.85. The van der Waals surface area contributed by atoms with Gasteiger partial charge in [0, 0.05) is 23.9 Å². The van der Waals surface area contributed by atoms with E-state index in [0.717, 1.165) is 23.5 Å². The van der Waals surface area contributed by atoms with E-state index in [4.69, 9.17) is 4.74 Å². The lowest BCUT2D eigenvalue weighted by Crippen LogP contribution is -2.24. The third-order valence-corrected chi connectivity index (χ3v) is 6.18. The predicted octanol–water partition coefficient (Wildman–Crippen LogP) is 4.23. The number of phenols is 1. The molecule has 2 aromatic rings. The Morgan fingerprint density at radius 1 is 0.958 bits per heavy atom. The maximum atomic E-state index is 9.34. The second-order valence-corrected chi connectivity index (χ2v) is 7.87. The minimum atomic E-state index is 0.333. The van der Waals surface area contributed by atoms with Crippen LogP contribution in [0.15, 0.2) is 59.5 Å². The van der Waals surface area contributed by atoms with E-state index in [9.17, 15) is 5.11 Å². The lowest BCUT2D eigenvalue weighted by atomic mass is 10.0. The van der Waals surface area contributed by atoms with Gasteiger partial charge in [-0.15, -0.1) is 11.8 Å². The van der Waals surface area contributed by atoms with Crippen LogP contribution in [0.4, 0.5) is 0 Å². The maximum absolute atomic E-state index is 9.34. The molecule has 0 radical (unpaired) electrons. The second-order valence-electron chi connectivity index (χ2n) is 6.85. The van der Waals surface area contributed by atoms with Crippen molar-refractivity contribution in [1.29, 1.82) is 0 Å². The minimum Gasteiger partial charge on any atom is -0.508 e. The van der Waals surface area contributed by atoms with Gasteiger partial charge in [0.1, 0.15) is 11.5 Å². The number of hydrogen-bond acceptors (Lipinski definition) is 4. The summed E-state index contributed by atoms with van der Waals surface area (Å²) in [5, 5.41) is 9.34. The number of hydrogen-bond donors (Lipinski definition) is 1. The molecular weight excluding hydrogens is 318 g/mol. The monoisotopic (exact) mass is 341 g/mol. The number of nitrogens with zero attached hydrogens (tertiary/aromatic N) is 1. The van der Waals surface area contributed by atoms with Crippen LogP contribution in [-0.2, 0) is 0 Å². The highest BCUT2D eigenvalue weighted by Gasteiger charge is 2.41. The van der Waals surface area contributed by atoms with Crippen molar-refractivity contribution in [2.75, 3.05) is 19.0 Å². The molecule has 2 aromatic carbocycles. The summed E-state index contributed by atoms with van der Waals surface area (Å²) in [4.78, 5) is 3.78. The van der Waals surface area contributed by atoms with E-state index in [-0.39, 0.29) is 0 Å². The Kier molecular flexibility index (Phi) is 4.67. The van der Waals surface area contributed by atoms with E-state index in [1.54, 1.807) is 12.1 Å². The molecule has 1 N–H and O–H groups in total. The zero-order valence-electron chi connectivity index (χ0n) is 13.7. The number of para-hydroxylation sites is 1. The molecule has 0 unspecified atom stereocenters. The maximum Gasteiger partial charge on any atom is 0.119 e. The van der Waals surface area contributed by atoms with E-state index < -0.39 is 0 Å². The van der Waals surface area contributed by atoms with Gasteiger partial charge in [0.15, 0.2) is 0 Å². The molecule has 3 atom stereocenters. The summed E-state index contributed by atoms with van der Waals surface area (Å²) in [5.41, 5.74) is 0. The van der Waals surface area contributed by atoms with Crippen LogP contribution in [0.5, 0.6) is 11.5 Å². The second kappa shape index (κ2) is 7.08. The number of benzene rings is 2.